The van der Waals surface area contributed by atoms with Gasteiger partial charge in [-0.15, -0.1) is 0 Å². The molecule has 1 aliphatic heterocycles. The van der Waals surface area contributed by atoms with Crippen LogP contribution in [-0.2, 0) is 10.3 Å². The molecule has 1 fully saturated rings. The number of nitrogens with one attached hydrogen (secondary N) is 1. The second kappa shape index (κ2) is 3.77. The highest BCUT2D eigenvalue weighted by atomic mass is 35.5. The number of rotatable bonds is 1. The molecule has 0 saturated carbocycles. The molecule has 1 aliphatic carbocycles. The molecule has 2 aliphatic rings. The molecule has 0 spiro atoms. The summed E-state index contributed by atoms with van der Waals surface area (Å²) in [4.78, 5) is 11.5. The van der Waals surface area contributed by atoms with Gasteiger partial charge in [0.05, 0.1) is 0 Å². The van der Waals surface area contributed by atoms with Gasteiger partial charge in [-0.05, 0) is 31.4 Å². The van der Waals surface area contributed by atoms with Gasteiger partial charge in [0.25, 0.3) is 0 Å². The molecule has 17 heavy (non-hydrogen) atoms. The number of hydrogen-bond acceptors (Lipinski definition) is 2. The van der Waals surface area contributed by atoms with E-state index < -0.39 is 11.6 Å². The molecular weight excluding hydrogens is 238 g/mol. The van der Waals surface area contributed by atoms with Crippen molar-refractivity contribution < 1.29 is 9.53 Å². The first-order valence-electron chi connectivity index (χ1n) is 5.68. The summed E-state index contributed by atoms with van der Waals surface area (Å²) >= 11 is 6.23. The van der Waals surface area contributed by atoms with E-state index in [0.717, 1.165) is 24.8 Å². The fourth-order valence-corrected chi connectivity index (χ4v) is 2.89. The van der Waals surface area contributed by atoms with Gasteiger partial charge < -0.3 is 10.1 Å². The molecule has 3 rings (SSSR count). The van der Waals surface area contributed by atoms with E-state index in [0.29, 0.717) is 10.8 Å². The zero-order valence-corrected chi connectivity index (χ0v) is 9.96. The lowest BCUT2D eigenvalue weighted by molar-refractivity contribution is 0.194. The first-order valence-corrected chi connectivity index (χ1v) is 6.06. The zero-order chi connectivity index (χ0) is 11.9. The molecule has 1 aromatic rings. The van der Waals surface area contributed by atoms with Crippen LogP contribution in [0.25, 0.3) is 0 Å². The van der Waals surface area contributed by atoms with E-state index in [1.165, 1.54) is 0 Å². The lowest BCUT2D eigenvalue weighted by atomic mass is 9.80. The maximum absolute atomic E-state index is 11.5. The summed E-state index contributed by atoms with van der Waals surface area (Å²) in [5.41, 5.74) is 0.367. The minimum atomic E-state index is -0.548. The lowest BCUT2D eigenvalue weighted by Crippen LogP contribution is -2.40. The molecule has 1 amide bonds. The summed E-state index contributed by atoms with van der Waals surface area (Å²) in [5, 5.41) is 3.57. The normalized spacial score (nSPS) is 26.9. The van der Waals surface area contributed by atoms with E-state index in [2.05, 4.69) is 5.32 Å². The highest BCUT2D eigenvalue weighted by Gasteiger charge is 2.47. The molecule has 88 valence electrons. The highest BCUT2D eigenvalue weighted by Crippen LogP contribution is 2.44. The Labute approximate surface area is 104 Å². The van der Waals surface area contributed by atoms with Crippen molar-refractivity contribution in [3.8, 4) is 0 Å². The largest absolute Gasteiger partial charge is 0.413 e. The monoisotopic (exact) mass is 249 g/mol. The minimum absolute atomic E-state index is 0.391. The van der Waals surface area contributed by atoms with Crippen LogP contribution < -0.4 is 5.32 Å². The van der Waals surface area contributed by atoms with Crippen LogP contribution in [0.5, 0.6) is 0 Å². The van der Waals surface area contributed by atoms with Crippen molar-refractivity contribution in [1.82, 2.24) is 5.32 Å². The Morgan fingerprint density at radius 3 is 3.00 bits per heavy atom. The Balaban J connectivity index is 2.16. The fraction of sp³-hybridized carbons (Fsp3) is 0.308. The third-order valence-electron chi connectivity index (χ3n) is 3.36. The van der Waals surface area contributed by atoms with Crippen LogP contribution in [0.2, 0.25) is 5.02 Å². The van der Waals surface area contributed by atoms with Crippen molar-refractivity contribution in [2.45, 2.75) is 24.8 Å². The van der Waals surface area contributed by atoms with Gasteiger partial charge in [-0.1, -0.05) is 29.8 Å². The Hall–Kier alpha value is -1.48. The number of carbonyl (C=O) groups is 1. The fourth-order valence-electron chi connectivity index (χ4n) is 2.59. The van der Waals surface area contributed by atoms with Gasteiger partial charge in [-0.2, -0.15) is 0 Å². The predicted molar refractivity (Wildman–Crippen MR) is 64.7 cm³/mol. The summed E-state index contributed by atoms with van der Waals surface area (Å²) in [6.07, 6.45) is 4.37. The Bertz CT molecular complexity index is 512. The summed E-state index contributed by atoms with van der Waals surface area (Å²) in [5.74, 6) is 0.696. The van der Waals surface area contributed by atoms with Crippen LogP contribution in [-0.4, -0.2) is 6.09 Å². The summed E-state index contributed by atoms with van der Waals surface area (Å²) in [7, 11) is 0. The van der Waals surface area contributed by atoms with Crippen molar-refractivity contribution in [2.75, 3.05) is 0 Å². The van der Waals surface area contributed by atoms with E-state index in [9.17, 15) is 4.79 Å². The number of carbonyl (C=O) groups excluding carboxylic acids is 1. The molecule has 1 saturated heterocycles. The highest BCUT2D eigenvalue weighted by molar-refractivity contribution is 6.31. The van der Waals surface area contributed by atoms with Gasteiger partial charge in [0.1, 0.15) is 11.3 Å². The average Bonchev–Trinajstić information content (AvgIpc) is 2.66. The molecule has 0 bridgehead atoms. The molecular formula is C13H12ClNO2. The van der Waals surface area contributed by atoms with Crippen LogP contribution in [0.3, 0.4) is 0 Å². The number of amides is 1. The van der Waals surface area contributed by atoms with Crippen molar-refractivity contribution in [3.63, 3.8) is 0 Å². The first-order chi connectivity index (χ1) is 8.22. The molecule has 1 N–H and O–H groups in total. The SMILES string of the molecule is O=C1NC2(c3ccccc3Cl)CCCC=C2O1. The van der Waals surface area contributed by atoms with Crippen LogP contribution in [0, 0.1) is 0 Å². The molecule has 1 heterocycles. The maximum Gasteiger partial charge on any atom is 0.413 e. The minimum Gasteiger partial charge on any atom is -0.412 e. The number of alkyl carbamates (subject to hydrolysis) is 1. The van der Waals surface area contributed by atoms with E-state index >= 15 is 0 Å². The third-order valence-corrected chi connectivity index (χ3v) is 3.69. The van der Waals surface area contributed by atoms with E-state index in [4.69, 9.17) is 16.3 Å². The van der Waals surface area contributed by atoms with Crippen molar-refractivity contribution in [3.05, 3.63) is 46.7 Å². The van der Waals surface area contributed by atoms with E-state index in [1.807, 2.05) is 30.3 Å². The smallest absolute Gasteiger partial charge is 0.412 e. The van der Waals surface area contributed by atoms with E-state index in [1.54, 1.807) is 0 Å². The van der Waals surface area contributed by atoms with Crippen molar-refractivity contribution in [1.29, 1.82) is 0 Å². The van der Waals surface area contributed by atoms with Crippen LogP contribution in [0.1, 0.15) is 24.8 Å². The van der Waals surface area contributed by atoms with Gasteiger partial charge in [0.2, 0.25) is 0 Å². The van der Waals surface area contributed by atoms with Gasteiger partial charge in [-0.3, -0.25) is 0 Å². The number of hydrogen-bond donors (Lipinski definition) is 1. The van der Waals surface area contributed by atoms with Crippen LogP contribution >= 0.6 is 11.6 Å². The molecule has 0 radical (unpaired) electrons. The number of benzene rings is 1. The van der Waals surface area contributed by atoms with Gasteiger partial charge in [-0.25, -0.2) is 4.79 Å². The lowest BCUT2D eigenvalue weighted by Gasteiger charge is -2.31. The topological polar surface area (TPSA) is 38.3 Å². The quantitative estimate of drug-likeness (QED) is 0.829. The van der Waals surface area contributed by atoms with Crippen LogP contribution in [0.4, 0.5) is 4.79 Å². The first kappa shape index (κ1) is 10.7. The molecule has 1 atom stereocenters. The van der Waals surface area contributed by atoms with Crippen LogP contribution in [0.15, 0.2) is 36.1 Å². The second-order valence-electron chi connectivity index (χ2n) is 4.36. The number of fused-ring (bicyclic) bond motifs is 1. The molecule has 3 nitrogen and oxygen atoms in total. The Morgan fingerprint density at radius 1 is 1.35 bits per heavy atom. The average molecular weight is 250 g/mol. The summed E-state index contributed by atoms with van der Waals surface area (Å²) in [6, 6.07) is 7.58. The van der Waals surface area contributed by atoms with Gasteiger partial charge >= 0.3 is 6.09 Å². The Morgan fingerprint density at radius 2 is 2.18 bits per heavy atom. The number of halogens is 1. The van der Waals surface area contributed by atoms with Gasteiger partial charge in [0.15, 0.2) is 0 Å². The molecule has 1 unspecified atom stereocenters. The van der Waals surface area contributed by atoms with Crippen molar-refractivity contribution in [2.24, 2.45) is 0 Å². The molecule has 0 aromatic heterocycles. The Kier molecular flexibility index (Phi) is 2.37. The standard InChI is InChI=1S/C13H12ClNO2/c14-10-6-2-1-5-9(10)13-8-4-3-7-11(13)17-12(16)15-13/h1-2,5-7H,3-4,8H2,(H,15,16). The van der Waals surface area contributed by atoms with E-state index in [-0.39, 0.29) is 0 Å². The van der Waals surface area contributed by atoms with Gasteiger partial charge in [0, 0.05) is 10.6 Å². The maximum atomic E-state index is 11.5. The number of allylic oxidation sites excluding steroid dienone is 1. The summed E-state index contributed by atoms with van der Waals surface area (Å²) in [6.45, 7) is 0. The summed E-state index contributed by atoms with van der Waals surface area (Å²) < 4.78 is 5.23. The molecule has 4 heteroatoms. The van der Waals surface area contributed by atoms with Crippen molar-refractivity contribution >= 4 is 17.7 Å². The molecule has 1 aromatic carbocycles. The second-order valence-corrected chi connectivity index (χ2v) is 4.77. The zero-order valence-electron chi connectivity index (χ0n) is 9.20. The number of ether oxygens (including phenoxy) is 1. The predicted octanol–water partition coefficient (Wildman–Crippen LogP) is 3.34. The third kappa shape index (κ3) is 1.53.